The average Bonchev–Trinajstić information content (AvgIpc) is 3.13. The Morgan fingerprint density at radius 1 is 0.565 bits per heavy atom. The molecular weight excluding hydrogens is 1130 g/mol. The third-order valence-corrected chi connectivity index (χ3v) is 14.6. The molecule has 2 N–H and O–H groups in total. The van der Waals surface area contributed by atoms with Gasteiger partial charge in [-0.25, -0.2) is 58.9 Å². The molecule has 0 fully saturated rings. The summed E-state index contributed by atoms with van der Waals surface area (Å²) < 4.78 is 237. The van der Waals surface area contributed by atoms with E-state index in [-0.39, 0.29) is 171 Å². The Morgan fingerprint density at radius 2 is 1.07 bits per heavy atom. The van der Waals surface area contributed by atoms with Crippen molar-refractivity contribution < 1.29 is 248 Å². The minimum Gasteiger partial charge on any atom is -0.747 e. The van der Waals surface area contributed by atoms with Crippen LogP contribution in [-0.4, -0.2) is 125 Å². The quantitative estimate of drug-likeness (QED) is 0.0359. The standard InChI is InChI=1S/C29H31N5O23S7.5Na/c1-16-11-22(23(55-2)14-24(16)59(38,39)10-8-57-64(52,53)54)32-34-28-26(62(46,47)48)13-19-18(29(28)35)4-6-21(30-15-60(40,41)42)27(19)33-31-20-5-3-17(12-25(20)61(43,44)45)58(36,37)9-7-56-63(49,50)51;;;;;/h3-6,11-14,30,35H,7-10,15H2,1-2H3,(H,40,41,42)(H,43,44,45)(H,46,47,48)(H,49,50,51)(H,52,53,54);;;;;/q;5*+1/p-5. The second-order valence-electron chi connectivity index (χ2n) is 12.3. The van der Waals surface area contributed by atoms with E-state index < -0.39 is 160 Å². The average molecular weight is 1150 g/mol. The van der Waals surface area contributed by atoms with E-state index in [0.29, 0.717) is 18.2 Å². The van der Waals surface area contributed by atoms with E-state index >= 15 is 0 Å². The van der Waals surface area contributed by atoms with Gasteiger partial charge in [0, 0.05) is 16.8 Å². The summed E-state index contributed by atoms with van der Waals surface area (Å²) in [6.07, 6.45) is 0. The van der Waals surface area contributed by atoms with Crippen molar-refractivity contribution in [1.29, 1.82) is 0 Å². The Balaban J connectivity index is 0. The van der Waals surface area contributed by atoms with Gasteiger partial charge in [0.2, 0.25) is 20.8 Å². The molecule has 0 aliphatic rings. The molecule has 352 valence electrons. The molecule has 0 radical (unpaired) electrons. The molecule has 40 heteroatoms. The molecule has 0 saturated carbocycles. The molecule has 0 aliphatic carbocycles. The van der Waals surface area contributed by atoms with Gasteiger partial charge in [0.05, 0.1) is 57.1 Å². The molecule has 28 nitrogen and oxygen atoms in total. The molecule has 0 unspecified atom stereocenters. The van der Waals surface area contributed by atoms with Crippen molar-refractivity contribution in [1.82, 2.24) is 0 Å². The molecule has 0 amide bonds. The van der Waals surface area contributed by atoms with Gasteiger partial charge in [-0.1, -0.05) is 0 Å². The number of fused-ring (bicyclic) bond motifs is 1. The summed E-state index contributed by atoms with van der Waals surface area (Å²) in [5.74, 6) is -5.14. The van der Waals surface area contributed by atoms with Crippen LogP contribution in [0.1, 0.15) is 5.56 Å². The molecule has 0 saturated heterocycles. The van der Waals surface area contributed by atoms with E-state index in [0.717, 1.165) is 31.4 Å². The molecule has 4 aromatic rings. The number of aryl methyl sites for hydroxylation is 1. The van der Waals surface area contributed by atoms with E-state index in [1.54, 1.807) is 0 Å². The van der Waals surface area contributed by atoms with E-state index in [2.05, 4.69) is 34.1 Å². The number of nitrogens with zero attached hydrogens (tertiary/aromatic N) is 4. The Kier molecular flexibility index (Phi) is 28.6. The van der Waals surface area contributed by atoms with Gasteiger partial charge in [0.15, 0.2) is 25.4 Å². The summed E-state index contributed by atoms with van der Waals surface area (Å²) in [6, 6.07) is 5.82. The van der Waals surface area contributed by atoms with Gasteiger partial charge in [0.25, 0.3) is 0 Å². The van der Waals surface area contributed by atoms with Crippen molar-refractivity contribution in [2.24, 2.45) is 20.5 Å². The van der Waals surface area contributed by atoms with Crippen molar-refractivity contribution in [3.63, 3.8) is 0 Å². The van der Waals surface area contributed by atoms with Crippen LogP contribution in [0.4, 0.5) is 28.4 Å². The van der Waals surface area contributed by atoms with Gasteiger partial charge in [0.1, 0.15) is 64.7 Å². The normalized spacial score (nSPS) is 12.6. The number of ether oxygens (including phenoxy) is 1. The molecule has 0 aliphatic heterocycles. The number of phenols is 1. The fourth-order valence-electron chi connectivity index (χ4n) is 5.24. The van der Waals surface area contributed by atoms with E-state index in [1.165, 1.54) is 6.92 Å². The van der Waals surface area contributed by atoms with Crippen molar-refractivity contribution in [3.8, 4) is 11.5 Å². The first-order chi connectivity index (χ1) is 29.1. The summed E-state index contributed by atoms with van der Waals surface area (Å²) in [5.41, 5.74) is -3.76. The topological polar surface area (TPSA) is 464 Å². The third-order valence-electron chi connectivity index (χ3n) is 7.96. The summed E-state index contributed by atoms with van der Waals surface area (Å²) in [6.45, 7) is -1.03. The first kappa shape index (κ1) is 71.2. The Bertz CT molecular complexity index is 3420. The van der Waals surface area contributed by atoms with Crippen LogP contribution in [0.5, 0.6) is 11.5 Å². The number of anilines is 1. The van der Waals surface area contributed by atoms with E-state index in [9.17, 15) is 86.8 Å². The van der Waals surface area contributed by atoms with E-state index in [4.69, 9.17) is 4.74 Å². The van der Waals surface area contributed by atoms with Crippen LogP contribution in [0.25, 0.3) is 10.8 Å². The maximum Gasteiger partial charge on any atom is 1.00 e. The van der Waals surface area contributed by atoms with Crippen LogP contribution in [0.15, 0.2) is 88.6 Å². The van der Waals surface area contributed by atoms with Gasteiger partial charge < -0.3 is 37.9 Å². The predicted molar refractivity (Wildman–Crippen MR) is 208 cm³/mol. The van der Waals surface area contributed by atoms with Crippen molar-refractivity contribution >= 4 is 110 Å². The van der Waals surface area contributed by atoms with Crippen molar-refractivity contribution in [2.75, 3.05) is 43.0 Å². The van der Waals surface area contributed by atoms with Crippen LogP contribution in [0, 0.1) is 6.92 Å². The minimum absolute atomic E-state index is 0. The smallest absolute Gasteiger partial charge is 0.747 e. The largest absolute Gasteiger partial charge is 1.00 e. The Labute approximate surface area is 505 Å². The molecule has 0 heterocycles. The van der Waals surface area contributed by atoms with Crippen LogP contribution in [-0.2, 0) is 79.2 Å². The number of nitrogens with one attached hydrogen (secondary N) is 1. The number of methoxy groups -OCH3 is 1. The van der Waals surface area contributed by atoms with Crippen molar-refractivity contribution in [3.05, 3.63) is 54.1 Å². The molecule has 0 bridgehead atoms. The summed E-state index contributed by atoms with van der Waals surface area (Å²) >= 11 is 0. The number of aromatic hydroxyl groups is 1. The van der Waals surface area contributed by atoms with E-state index in [1.807, 2.05) is 0 Å². The molecular formula is C29H26N5Na5O23S7. The van der Waals surface area contributed by atoms with Gasteiger partial charge in [-0.2, -0.15) is 0 Å². The Hall–Kier alpha value is 0.110. The number of rotatable bonds is 20. The summed E-state index contributed by atoms with van der Waals surface area (Å²) in [5, 5.41) is 27.2. The van der Waals surface area contributed by atoms with Crippen LogP contribution < -0.4 is 158 Å². The monoisotopic (exact) mass is 1150 g/mol. The molecule has 4 rings (SSSR count). The van der Waals surface area contributed by atoms with Crippen LogP contribution in [0.2, 0.25) is 0 Å². The zero-order chi connectivity index (χ0) is 48.4. The summed E-state index contributed by atoms with van der Waals surface area (Å²) in [7, 11) is -35.1. The van der Waals surface area contributed by atoms with Gasteiger partial charge in [-0.15, -0.1) is 20.5 Å². The van der Waals surface area contributed by atoms with Crippen LogP contribution >= 0.6 is 0 Å². The maximum absolute atomic E-state index is 12.9. The first-order valence-corrected chi connectivity index (χ1v) is 26.7. The number of phenolic OH excluding ortho intramolecular Hbond substituents is 1. The molecule has 0 aromatic heterocycles. The fraction of sp³-hybridized carbons (Fsp3) is 0.241. The third kappa shape index (κ3) is 20.6. The molecule has 4 aromatic carbocycles. The molecule has 0 atom stereocenters. The number of hydrogen-bond donors (Lipinski definition) is 2. The van der Waals surface area contributed by atoms with Gasteiger partial charge in [-0.3, -0.25) is 8.37 Å². The van der Waals surface area contributed by atoms with Gasteiger partial charge in [-0.05, 0) is 55.0 Å². The SMILES string of the molecule is COc1cc(S(=O)(=O)CCOS(=O)(=O)[O-])c(C)cc1N=Nc1c(S(=O)(=O)[O-])cc2c(N=Nc3ccc(S(=O)(=O)CCOS(=O)(=O)[O-])cc3S(=O)(=O)[O-])c(NCS(=O)(=O)[O-])ccc2c1O.[Na+].[Na+].[Na+].[Na+].[Na+]. The second kappa shape index (κ2) is 27.8. The number of benzene rings is 4. The zero-order valence-electron chi connectivity index (χ0n) is 36.7. The fourth-order valence-corrected chi connectivity index (χ4v) is 10.2. The zero-order valence-corrected chi connectivity index (χ0v) is 52.4. The summed E-state index contributed by atoms with van der Waals surface area (Å²) in [4.78, 5) is -4.15. The molecule has 0 spiro atoms. The number of hydrogen-bond acceptors (Lipinski definition) is 28. The Morgan fingerprint density at radius 3 is 1.57 bits per heavy atom. The minimum atomic E-state index is -5.74. The number of sulfone groups is 2. The second-order valence-corrected chi connectivity index (χ2v) is 22.7. The maximum atomic E-state index is 12.9. The van der Waals surface area contributed by atoms with Crippen LogP contribution in [0.3, 0.4) is 0 Å². The van der Waals surface area contributed by atoms with Crippen molar-refractivity contribution in [2.45, 2.75) is 26.5 Å². The predicted octanol–water partition coefficient (Wildman–Crippen LogP) is -14.1. The molecule has 69 heavy (non-hydrogen) atoms. The first-order valence-electron chi connectivity index (χ1n) is 16.4. The van der Waals surface area contributed by atoms with Gasteiger partial charge >= 0.3 is 148 Å². The number of azo groups is 2.